The minimum atomic E-state index is -1.13. The second-order valence-electron chi connectivity index (χ2n) is 6.10. The number of carbonyl (C=O) groups excluding carboxylic acids is 3. The molecule has 24 heavy (non-hydrogen) atoms. The molecule has 1 aromatic rings. The molecular formula is C19H24O5. The third-order valence-electron chi connectivity index (χ3n) is 4.43. The van der Waals surface area contributed by atoms with Gasteiger partial charge in [-0.3, -0.25) is 9.59 Å². The van der Waals surface area contributed by atoms with Crippen LogP contribution in [0.15, 0.2) is 30.3 Å². The molecule has 0 aliphatic heterocycles. The number of hydrogen-bond acceptors (Lipinski definition) is 5. The van der Waals surface area contributed by atoms with E-state index in [4.69, 9.17) is 9.47 Å². The van der Waals surface area contributed by atoms with Gasteiger partial charge >= 0.3 is 11.9 Å². The van der Waals surface area contributed by atoms with Gasteiger partial charge in [0.15, 0.2) is 0 Å². The summed E-state index contributed by atoms with van der Waals surface area (Å²) in [6, 6.07) is 8.65. The molecule has 1 saturated carbocycles. The molecule has 1 unspecified atom stereocenters. The Morgan fingerprint density at radius 2 is 1.88 bits per heavy atom. The molecule has 0 amide bonds. The second kappa shape index (κ2) is 8.62. The summed E-state index contributed by atoms with van der Waals surface area (Å²) >= 11 is 0. The molecule has 5 heteroatoms. The lowest BCUT2D eigenvalue weighted by Crippen LogP contribution is -2.38. The number of Topliss-reactive ketones (excluding diaryl/α,β-unsaturated/α-hetero) is 1. The number of ether oxygens (including phenoxy) is 2. The van der Waals surface area contributed by atoms with Crippen molar-refractivity contribution >= 4 is 17.7 Å². The highest BCUT2D eigenvalue weighted by molar-refractivity contribution is 6.05. The van der Waals surface area contributed by atoms with Crippen LogP contribution in [0.2, 0.25) is 0 Å². The largest absolute Gasteiger partial charge is 0.465 e. The maximum atomic E-state index is 12.4. The van der Waals surface area contributed by atoms with E-state index in [1.807, 2.05) is 13.0 Å². The van der Waals surface area contributed by atoms with Crippen molar-refractivity contribution in [1.29, 1.82) is 0 Å². The van der Waals surface area contributed by atoms with E-state index in [2.05, 4.69) is 0 Å². The third-order valence-corrected chi connectivity index (χ3v) is 4.43. The SMILES string of the molecule is CCCCOC(=O)C1(CCOC(=O)c2ccccc2)CCCC1=O. The van der Waals surface area contributed by atoms with Crippen molar-refractivity contribution in [2.24, 2.45) is 5.41 Å². The smallest absolute Gasteiger partial charge is 0.338 e. The Morgan fingerprint density at radius 3 is 2.50 bits per heavy atom. The lowest BCUT2D eigenvalue weighted by atomic mass is 9.82. The molecular weight excluding hydrogens is 308 g/mol. The Balaban J connectivity index is 1.93. The molecule has 1 fully saturated rings. The molecule has 5 nitrogen and oxygen atoms in total. The second-order valence-corrected chi connectivity index (χ2v) is 6.10. The Labute approximate surface area is 142 Å². The van der Waals surface area contributed by atoms with Crippen molar-refractivity contribution in [3.8, 4) is 0 Å². The van der Waals surface area contributed by atoms with Gasteiger partial charge in [0.05, 0.1) is 18.8 Å². The molecule has 1 aliphatic rings. The predicted octanol–water partition coefficient (Wildman–Crippen LogP) is 3.32. The fraction of sp³-hybridized carbons (Fsp3) is 0.526. The van der Waals surface area contributed by atoms with Gasteiger partial charge in [0, 0.05) is 12.8 Å². The Bertz CT molecular complexity index is 581. The zero-order chi connectivity index (χ0) is 17.4. The number of benzene rings is 1. The van der Waals surface area contributed by atoms with Gasteiger partial charge in [-0.05, 0) is 31.4 Å². The minimum Gasteiger partial charge on any atom is -0.465 e. The maximum Gasteiger partial charge on any atom is 0.338 e. The van der Waals surface area contributed by atoms with Crippen LogP contribution in [0.1, 0.15) is 55.8 Å². The maximum absolute atomic E-state index is 12.4. The average Bonchev–Trinajstić information content (AvgIpc) is 2.97. The first-order valence-electron chi connectivity index (χ1n) is 8.53. The molecule has 2 rings (SSSR count). The van der Waals surface area contributed by atoms with Crippen LogP contribution in [0.4, 0.5) is 0 Å². The first-order valence-corrected chi connectivity index (χ1v) is 8.53. The molecule has 1 atom stereocenters. The molecule has 0 N–H and O–H groups in total. The van der Waals surface area contributed by atoms with Gasteiger partial charge in [-0.25, -0.2) is 4.79 Å². The standard InChI is InChI=1S/C19H24O5/c1-2-3-13-24-18(22)19(11-7-10-16(19)20)12-14-23-17(21)15-8-5-4-6-9-15/h4-6,8-9H,2-3,7,10-14H2,1H3. The Kier molecular flexibility index (Phi) is 6.53. The molecule has 0 bridgehead atoms. The molecule has 0 heterocycles. The van der Waals surface area contributed by atoms with Gasteiger partial charge in [0.25, 0.3) is 0 Å². The topological polar surface area (TPSA) is 69.7 Å². The van der Waals surface area contributed by atoms with Crippen LogP contribution in [0.5, 0.6) is 0 Å². The van der Waals surface area contributed by atoms with Gasteiger partial charge in [-0.2, -0.15) is 0 Å². The normalized spacial score (nSPS) is 20.0. The first kappa shape index (κ1) is 18.2. The van der Waals surface area contributed by atoms with E-state index in [0.29, 0.717) is 31.4 Å². The number of ketones is 1. The summed E-state index contributed by atoms with van der Waals surface area (Å²) in [6.07, 6.45) is 3.42. The van der Waals surface area contributed by atoms with E-state index in [-0.39, 0.29) is 18.8 Å². The highest BCUT2D eigenvalue weighted by Gasteiger charge is 2.49. The lowest BCUT2D eigenvalue weighted by Gasteiger charge is -2.24. The number of rotatable bonds is 8. The first-order chi connectivity index (χ1) is 11.6. The van der Waals surface area contributed by atoms with Crippen LogP contribution < -0.4 is 0 Å². The van der Waals surface area contributed by atoms with Crippen LogP contribution in [-0.4, -0.2) is 30.9 Å². The fourth-order valence-corrected chi connectivity index (χ4v) is 2.93. The summed E-state index contributed by atoms with van der Waals surface area (Å²) in [5.41, 5.74) is -0.681. The molecule has 0 radical (unpaired) electrons. The van der Waals surface area contributed by atoms with E-state index in [1.165, 1.54) is 0 Å². The summed E-state index contributed by atoms with van der Waals surface area (Å²) < 4.78 is 10.5. The number of hydrogen-bond donors (Lipinski definition) is 0. The minimum absolute atomic E-state index is 0.0301. The summed E-state index contributed by atoms with van der Waals surface area (Å²) in [4.78, 5) is 36.7. The summed E-state index contributed by atoms with van der Waals surface area (Å²) in [6.45, 7) is 2.36. The lowest BCUT2D eigenvalue weighted by molar-refractivity contribution is -0.160. The van der Waals surface area contributed by atoms with Crippen LogP contribution in [0.25, 0.3) is 0 Å². The van der Waals surface area contributed by atoms with Gasteiger partial charge in [-0.15, -0.1) is 0 Å². The van der Waals surface area contributed by atoms with Crippen LogP contribution in [-0.2, 0) is 19.1 Å². The molecule has 1 aliphatic carbocycles. The Morgan fingerprint density at radius 1 is 1.12 bits per heavy atom. The highest BCUT2D eigenvalue weighted by Crippen LogP contribution is 2.39. The number of carbonyl (C=O) groups is 3. The molecule has 130 valence electrons. The number of esters is 2. The molecule has 0 aromatic heterocycles. The van der Waals surface area contributed by atoms with Gasteiger partial charge in [0.1, 0.15) is 11.2 Å². The zero-order valence-electron chi connectivity index (χ0n) is 14.1. The summed E-state index contributed by atoms with van der Waals surface area (Å²) in [7, 11) is 0. The number of unbranched alkanes of at least 4 members (excludes halogenated alkanes) is 1. The van der Waals surface area contributed by atoms with E-state index in [9.17, 15) is 14.4 Å². The average molecular weight is 332 g/mol. The van der Waals surface area contributed by atoms with Crippen molar-refractivity contribution in [2.75, 3.05) is 13.2 Å². The van der Waals surface area contributed by atoms with Crippen molar-refractivity contribution in [1.82, 2.24) is 0 Å². The molecule has 0 spiro atoms. The van der Waals surface area contributed by atoms with Gasteiger partial charge in [-0.1, -0.05) is 31.5 Å². The molecule has 0 saturated heterocycles. The van der Waals surface area contributed by atoms with Crippen LogP contribution in [0, 0.1) is 5.41 Å². The predicted molar refractivity (Wildman–Crippen MR) is 88.5 cm³/mol. The Hall–Kier alpha value is -2.17. The van der Waals surface area contributed by atoms with Crippen LogP contribution in [0.3, 0.4) is 0 Å². The highest BCUT2D eigenvalue weighted by atomic mass is 16.5. The van der Waals surface area contributed by atoms with Gasteiger partial charge < -0.3 is 9.47 Å². The summed E-state index contributed by atoms with van der Waals surface area (Å²) in [5.74, 6) is -1.01. The third kappa shape index (κ3) is 4.22. The van der Waals surface area contributed by atoms with E-state index >= 15 is 0 Å². The zero-order valence-corrected chi connectivity index (χ0v) is 14.1. The molecule has 1 aromatic carbocycles. The van der Waals surface area contributed by atoms with Crippen molar-refractivity contribution in [3.63, 3.8) is 0 Å². The van der Waals surface area contributed by atoms with E-state index in [1.54, 1.807) is 24.3 Å². The van der Waals surface area contributed by atoms with Crippen molar-refractivity contribution in [2.45, 2.75) is 45.4 Å². The summed E-state index contributed by atoms with van der Waals surface area (Å²) in [5, 5.41) is 0. The van der Waals surface area contributed by atoms with E-state index < -0.39 is 17.4 Å². The van der Waals surface area contributed by atoms with Crippen LogP contribution >= 0.6 is 0 Å². The quantitative estimate of drug-likeness (QED) is 0.415. The van der Waals surface area contributed by atoms with E-state index in [0.717, 1.165) is 12.8 Å². The van der Waals surface area contributed by atoms with Crippen molar-refractivity contribution < 1.29 is 23.9 Å². The van der Waals surface area contributed by atoms with Gasteiger partial charge in [0.2, 0.25) is 0 Å². The van der Waals surface area contributed by atoms with Crippen molar-refractivity contribution in [3.05, 3.63) is 35.9 Å². The fourth-order valence-electron chi connectivity index (χ4n) is 2.93. The monoisotopic (exact) mass is 332 g/mol.